The smallest absolute Gasteiger partial charge is 0.0717 e. The second kappa shape index (κ2) is 32.6. The van der Waals surface area contributed by atoms with E-state index in [2.05, 4.69) is 13.8 Å². The zero-order valence-corrected chi connectivity index (χ0v) is 30.8. The van der Waals surface area contributed by atoms with E-state index in [0.29, 0.717) is 19.1 Å². The monoisotopic (exact) mass is 647 g/mol. The molecule has 0 aliphatic rings. The van der Waals surface area contributed by atoms with Crippen molar-refractivity contribution in [1.29, 1.82) is 0 Å². The first-order chi connectivity index (χ1) is 22.7. The van der Waals surface area contributed by atoms with Crippen LogP contribution in [0.5, 0.6) is 0 Å². The molecule has 1 rings (SSSR count). The highest BCUT2D eigenvalue weighted by atomic mass is 16.5. The first kappa shape index (κ1) is 43.1. The van der Waals surface area contributed by atoms with Crippen molar-refractivity contribution in [3.8, 4) is 0 Å². The van der Waals surface area contributed by atoms with E-state index in [1.54, 1.807) is 0 Å². The predicted molar refractivity (Wildman–Crippen MR) is 198 cm³/mol. The fraction of sp³-hybridized carbons (Fsp3) is 0.857. The second-order valence-corrected chi connectivity index (χ2v) is 14.5. The number of benzene rings is 1. The van der Waals surface area contributed by atoms with E-state index >= 15 is 0 Å². The number of rotatable bonds is 36. The average Bonchev–Trinajstić information content (AvgIpc) is 3.08. The van der Waals surface area contributed by atoms with Crippen molar-refractivity contribution in [2.45, 2.75) is 187 Å². The van der Waals surface area contributed by atoms with Gasteiger partial charge in [-0.2, -0.15) is 0 Å². The van der Waals surface area contributed by atoms with Gasteiger partial charge in [-0.3, -0.25) is 0 Å². The lowest BCUT2D eigenvalue weighted by Gasteiger charge is -2.30. The molecular weight excluding hydrogens is 568 g/mol. The van der Waals surface area contributed by atoms with Crippen molar-refractivity contribution >= 4 is 0 Å². The fourth-order valence-electron chi connectivity index (χ4n) is 6.53. The molecule has 4 heteroatoms. The van der Waals surface area contributed by atoms with Crippen LogP contribution >= 0.6 is 0 Å². The largest absolute Gasteiger partial charge is 0.396 e. The molecule has 270 valence electrons. The molecule has 0 fully saturated rings. The van der Waals surface area contributed by atoms with Crippen molar-refractivity contribution in [2.75, 3.05) is 33.0 Å². The molecule has 1 aromatic rings. The molecule has 0 bridgehead atoms. The first-order valence-electron chi connectivity index (χ1n) is 20.1. The molecule has 0 aliphatic heterocycles. The number of aliphatic hydroxyl groups excluding tert-OH is 2. The molecule has 0 saturated heterocycles. The summed E-state index contributed by atoms with van der Waals surface area (Å²) in [5.41, 5.74) is 0.337. The van der Waals surface area contributed by atoms with Crippen LogP contribution in [0.1, 0.15) is 186 Å². The maximum atomic E-state index is 10.2. The van der Waals surface area contributed by atoms with Crippen molar-refractivity contribution in [1.82, 2.24) is 0 Å². The van der Waals surface area contributed by atoms with Gasteiger partial charge in [0.15, 0.2) is 0 Å². The highest BCUT2D eigenvalue weighted by molar-refractivity contribution is 5.13. The highest BCUT2D eigenvalue weighted by Crippen LogP contribution is 2.23. The van der Waals surface area contributed by atoms with E-state index in [9.17, 15) is 10.2 Å². The summed E-state index contributed by atoms with van der Waals surface area (Å²) in [5.74, 6) is 0.562. The molecule has 4 nitrogen and oxygen atoms in total. The highest BCUT2D eigenvalue weighted by Gasteiger charge is 2.30. The van der Waals surface area contributed by atoms with Gasteiger partial charge >= 0.3 is 0 Å². The number of hydrogen-bond donors (Lipinski definition) is 2. The van der Waals surface area contributed by atoms with Gasteiger partial charge in [0, 0.05) is 6.61 Å². The van der Waals surface area contributed by atoms with E-state index in [4.69, 9.17) is 9.47 Å². The van der Waals surface area contributed by atoms with E-state index in [-0.39, 0.29) is 19.8 Å². The number of ether oxygens (including phenoxy) is 2. The van der Waals surface area contributed by atoms with Gasteiger partial charge in [0.25, 0.3) is 0 Å². The van der Waals surface area contributed by atoms with Crippen LogP contribution in [0.4, 0.5) is 0 Å². The third-order valence-electron chi connectivity index (χ3n) is 9.88. The number of hydrogen-bond acceptors (Lipinski definition) is 4. The normalized spacial score (nSPS) is 12.0. The SMILES string of the molecule is CCCCCCCCCCCCCCC(CCCCCCCCCCCCCC)COCC(CO)(CO)COCc1ccccc1. The third kappa shape index (κ3) is 25.1. The molecule has 0 amide bonds. The van der Waals surface area contributed by atoms with Crippen LogP contribution < -0.4 is 0 Å². The Labute approximate surface area is 286 Å². The summed E-state index contributed by atoms with van der Waals surface area (Å²) in [4.78, 5) is 0. The molecule has 0 saturated carbocycles. The zero-order valence-electron chi connectivity index (χ0n) is 30.8. The first-order valence-corrected chi connectivity index (χ1v) is 20.1. The lowest BCUT2D eigenvalue weighted by atomic mass is 9.92. The predicted octanol–water partition coefficient (Wildman–Crippen LogP) is 12.0. The molecule has 46 heavy (non-hydrogen) atoms. The molecule has 0 unspecified atom stereocenters. The summed E-state index contributed by atoms with van der Waals surface area (Å²) in [6, 6.07) is 10.1. The van der Waals surface area contributed by atoms with E-state index in [1.807, 2.05) is 30.3 Å². The molecule has 0 spiro atoms. The van der Waals surface area contributed by atoms with Gasteiger partial charge in [-0.05, 0) is 24.3 Å². The Morgan fingerprint density at radius 3 is 1.26 bits per heavy atom. The summed E-state index contributed by atoms with van der Waals surface area (Å²) in [6.07, 6.45) is 35.6. The number of unbranched alkanes of at least 4 members (excludes halogenated alkanes) is 22. The molecule has 2 N–H and O–H groups in total. The van der Waals surface area contributed by atoms with Crippen LogP contribution in [0.3, 0.4) is 0 Å². The van der Waals surface area contributed by atoms with Gasteiger partial charge in [0.2, 0.25) is 0 Å². The van der Waals surface area contributed by atoms with Crippen molar-refractivity contribution in [3.63, 3.8) is 0 Å². The Bertz CT molecular complexity index is 692. The van der Waals surface area contributed by atoms with Gasteiger partial charge in [-0.15, -0.1) is 0 Å². The minimum absolute atomic E-state index is 0.138. The minimum Gasteiger partial charge on any atom is -0.396 e. The van der Waals surface area contributed by atoms with Crippen LogP contribution in [0.2, 0.25) is 0 Å². The molecule has 0 aliphatic carbocycles. The van der Waals surface area contributed by atoms with Crippen LogP contribution in [0, 0.1) is 11.3 Å². The molecular formula is C42H78O4. The zero-order chi connectivity index (χ0) is 33.2. The Balaban J connectivity index is 2.34. The van der Waals surface area contributed by atoms with E-state index in [1.165, 1.54) is 167 Å². The van der Waals surface area contributed by atoms with Gasteiger partial charge in [-0.1, -0.05) is 198 Å². The molecule has 0 atom stereocenters. The Kier molecular flexibility index (Phi) is 30.5. The van der Waals surface area contributed by atoms with Crippen molar-refractivity contribution < 1.29 is 19.7 Å². The molecule has 0 aromatic heterocycles. The quantitative estimate of drug-likeness (QED) is 0.0712. The minimum atomic E-state index is -0.759. The summed E-state index contributed by atoms with van der Waals surface area (Å²) < 4.78 is 12.2. The third-order valence-corrected chi connectivity index (χ3v) is 9.88. The van der Waals surface area contributed by atoms with E-state index < -0.39 is 5.41 Å². The Hall–Kier alpha value is -0.940. The molecule has 0 radical (unpaired) electrons. The average molecular weight is 647 g/mol. The second-order valence-electron chi connectivity index (χ2n) is 14.5. The lowest BCUT2D eigenvalue weighted by molar-refractivity contribution is -0.0857. The summed E-state index contributed by atoms with van der Waals surface area (Å²) in [5, 5.41) is 20.3. The van der Waals surface area contributed by atoms with Gasteiger partial charge in [0.1, 0.15) is 0 Å². The fourth-order valence-corrected chi connectivity index (χ4v) is 6.53. The van der Waals surface area contributed by atoms with Crippen molar-refractivity contribution in [3.05, 3.63) is 35.9 Å². The van der Waals surface area contributed by atoms with Gasteiger partial charge in [-0.25, -0.2) is 0 Å². The van der Waals surface area contributed by atoms with Crippen LogP contribution in [-0.2, 0) is 16.1 Å². The molecule has 1 aromatic carbocycles. The summed E-state index contributed by atoms with van der Waals surface area (Å²) >= 11 is 0. The molecule has 0 heterocycles. The maximum absolute atomic E-state index is 10.2. The van der Waals surface area contributed by atoms with E-state index in [0.717, 1.165) is 12.2 Å². The number of aliphatic hydroxyl groups is 2. The van der Waals surface area contributed by atoms with Crippen molar-refractivity contribution in [2.24, 2.45) is 11.3 Å². The van der Waals surface area contributed by atoms with Crippen LogP contribution in [-0.4, -0.2) is 43.2 Å². The van der Waals surface area contributed by atoms with Gasteiger partial charge < -0.3 is 19.7 Å². The van der Waals surface area contributed by atoms with Gasteiger partial charge in [0.05, 0.1) is 38.4 Å². The lowest BCUT2D eigenvalue weighted by Crippen LogP contribution is -2.40. The summed E-state index contributed by atoms with van der Waals surface area (Å²) in [7, 11) is 0. The summed E-state index contributed by atoms with van der Waals surface area (Å²) in [6.45, 7) is 6.12. The Morgan fingerprint density at radius 2 is 0.870 bits per heavy atom. The Morgan fingerprint density at radius 1 is 0.500 bits per heavy atom. The van der Waals surface area contributed by atoms with Crippen LogP contribution in [0.15, 0.2) is 30.3 Å². The maximum Gasteiger partial charge on any atom is 0.0717 e. The van der Waals surface area contributed by atoms with Crippen LogP contribution in [0.25, 0.3) is 0 Å². The standard InChI is InChI=1S/C42H78O4/c1-3-5-7-9-11-13-15-17-19-21-23-26-30-40(31-27-24-22-20-18-16-14-12-10-8-6-4-2)34-45-38-42(36-43,37-44)39-46-35-41-32-28-25-29-33-41/h25,28-29,32-33,40,43-44H,3-24,26-27,30-31,34-39H2,1-2H3. The topological polar surface area (TPSA) is 58.9 Å².